The largest absolute Gasteiger partial charge is 0.310 e. The highest BCUT2D eigenvalue weighted by Crippen LogP contribution is 2.51. The molecule has 10 rings (SSSR count). The Morgan fingerprint density at radius 3 is 1.83 bits per heavy atom. The lowest BCUT2D eigenvalue weighted by Gasteiger charge is -2.28. The van der Waals surface area contributed by atoms with E-state index in [2.05, 4.69) is 158 Å². The van der Waals surface area contributed by atoms with Crippen LogP contribution in [0.1, 0.15) is 25.0 Å². The molecule has 218 valence electrons. The first-order chi connectivity index (χ1) is 22.5. The van der Waals surface area contributed by atoms with Gasteiger partial charge in [0.1, 0.15) is 0 Å². The number of hydrogen-bond donors (Lipinski definition) is 0. The van der Waals surface area contributed by atoms with Gasteiger partial charge in [-0.15, -0.1) is 22.7 Å². The van der Waals surface area contributed by atoms with Gasteiger partial charge in [0.15, 0.2) is 0 Å². The van der Waals surface area contributed by atoms with Crippen molar-refractivity contribution in [3.63, 3.8) is 0 Å². The first-order valence-corrected chi connectivity index (χ1v) is 17.5. The molecule has 0 aliphatic heterocycles. The predicted molar refractivity (Wildman–Crippen MR) is 202 cm³/mol. The van der Waals surface area contributed by atoms with E-state index in [4.69, 9.17) is 0 Å². The van der Waals surface area contributed by atoms with Crippen molar-refractivity contribution in [1.29, 1.82) is 0 Å². The van der Waals surface area contributed by atoms with Crippen molar-refractivity contribution < 1.29 is 0 Å². The van der Waals surface area contributed by atoms with E-state index in [0.29, 0.717) is 0 Å². The number of thiophene rings is 2. The number of hydrogen-bond acceptors (Lipinski definition) is 3. The van der Waals surface area contributed by atoms with Crippen molar-refractivity contribution in [3.8, 4) is 11.1 Å². The van der Waals surface area contributed by atoms with Crippen LogP contribution in [0, 0.1) is 0 Å². The average Bonchev–Trinajstić information content (AvgIpc) is 3.71. The summed E-state index contributed by atoms with van der Waals surface area (Å²) in [5, 5.41) is 7.84. The highest BCUT2D eigenvalue weighted by molar-refractivity contribution is 7.26. The Bertz CT molecular complexity index is 2690. The molecule has 7 aromatic carbocycles. The van der Waals surface area contributed by atoms with Gasteiger partial charge in [-0.3, -0.25) is 0 Å². The highest BCUT2D eigenvalue weighted by atomic mass is 32.1. The van der Waals surface area contributed by atoms with Crippen LogP contribution >= 0.6 is 22.7 Å². The van der Waals surface area contributed by atoms with Crippen LogP contribution in [0.4, 0.5) is 17.1 Å². The SMILES string of the molecule is CC1(C)c2ccccc2-c2ccc(N(c3ccc4cc5c(cc4c3)sc3ccccc35)c3ccc4sc5ccccc5c4c3)cc21. The van der Waals surface area contributed by atoms with Gasteiger partial charge in [0.2, 0.25) is 0 Å². The van der Waals surface area contributed by atoms with Crippen LogP contribution in [0.15, 0.2) is 140 Å². The number of rotatable bonds is 3. The van der Waals surface area contributed by atoms with Gasteiger partial charge < -0.3 is 4.90 Å². The zero-order chi connectivity index (χ0) is 30.6. The monoisotopic (exact) mass is 623 g/mol. The van der Waals surface area contributed by atoms with Crippen LogP contribution in [-0.4, -0.2) is 0 Å². The van der Waals surface area contributed by atoms with E-state index in [1.165, 1.54) is 90.4 Å². The maximum absolute atomic E-state index is 2.46. The van der Waals surface area contributed by atoms with E-state index in [9.17, 15) is 0 Å². The molecule has 0 spiro atoms. The molecule has 2 aromatic heterocycles. The molecular weight excluding hydrogens is 595 g/mol. The minimum Gasteiger partial charge on any atom is -0.310 e. The van der Waals surface area contributed by atoms with E-state index < -0.39 is 0 Å². The third-order valence-electron chi connectivity index (χ3n) is 10.0. The lowest BCUT2D eigenvalue weighted by Crippen LogP contribution is -2.16. The summed E-state index contributed by atoms with van der Waals surface area (Å²) in [5.74, 6) is 0. The molecule has 0 bridgehead atoms. The van der Waals surface area contributed by atoms with Crippen LogP contribution in [-0.2, 0) is 5.41 Å². The maximum atomic E-state index is 2.46. The molecule has 0 radical (unpaired) electrons. The molecule has 1 aliphatic carbocycles. The minimum atomic E-state index is -0.0721. The van der Waals surface area contributed by atoms with Crippen molar-refractivity contribution >= 4 is 90.9 Å². The summed E-state index contributed by atoms with van der Waals surface area (Å²) in [7, 11) is 0. The fourth-order valence-electron chi connectivity index (χ4n) is 7.73. The third kappa shape index (κ3) is 3.73. The second-order valence-corrected chi connectivity index (χ2v) is 15.2. The summed E-state index contributed by atoms with van der Waals surface area (Å²) in [4.78, 5) is 2.46. The van der Waals surface area contributed by atoms with Crippen molar-refractivity contribution in [2.45, 2.75) is 19.3 Å². The Kier molecular flexibility index (Phi) is 5.44. The average molecular weight is 624 g/mol. The highest BCUT2D eigenvalue weighted by Gasteiger charge is 2.35. The van der Waals surface area contributed by atoms with Gasteiger partial charge in [0.25, 0.3) is 0 Å². The van der Waals surface area contributed by atoms with E-state index in [-0.39, 0.29) is 5.41 Å². The Labute approximate surface area is 275 Å². The lowest BCUT2D eigenvalue weighted by atomic mass is 9.82. The predicted octanol–water partition coefficient (Wildman–Crippen LogP) is 13.4. The molecule has 2 heterocycles. The van der Waals surface area contributed by atoms with Crippen LogP contribution in [0.25, 0.3) is 62.2 Å². The number of nitrogens with zero attached hydrogens (tertiary/aromatic N) is 1. The van der Waals surface area contributed by atoms with Gasteiger partial charge in [-0.2, -0.15) is 0 Å². The van der Waals surface area contributed by atoms with Crippen molar-refractivity contribution in [2.75, 3.05) is 4.90 Å². The third-order valence-corrected chi connectivity index (χ3v) is 12.3. The van der Waals surface area contributed by atoms with Crippen LogP contribution < -0.4 is 4.90 Å². The molecule has 1 aliphatic rings. The molecular formula is C43H29NS2. The second-order valence-electron chi connectivity index (χ2n) is 13.0. The Morgan fingerprint density at radius 1 is 0.413 bits per heavy atom. The van der Waals surface area contributed by atoms with Crippen molar-refractivity contribution in [2.24, 2.45) is 0 Å². The van der Waals surface area contributed by atoms with Gasteiger partial charge in [-0.1, -0.05) is 86.6 Å². The molecule has 0 saturated carbocycles. The summed E-state index contributed by atoms with van der Waals surface area (Å²) >= 11 is 3.75. The first-order valence-electron chi connectivity index (χ1n) is 15.8. The Morgan fingerprint density at radius 2 is 1.00 bits per heavy atom. The van der Waals surface area contributed by atoms with Crippen LogP contribution in [0.2, 0.25) is 0 Å². The smallest absolute Gasteiger partial charge is 0.0468 e. The number of anilines is 3. The fourth-order valence-corrected chi connectivity index (χ4v) is 9.95. The minimum absolute atomic E-state index is 0.0721. The summed E-state index contributed by atoms with van der Waals surface area (Å²) in [6.07, 6.45) is 0. The molecule has 9 aromatic rings. The molecule has 0 unspecified atom stereocenters. The number of fused-ring (bicyclic) bond motifs is 10. The Hall–Kier alpha value is -4.96. The van der Waals surface area contributed by atoms with Gasteiger partial charge in [0, 0.05) is 62.8 Å². The van der Waals surface area contributed by atoms with Crippen LogP contribution in [0.3, 0.4) is 0 Å². The van der Waals surface area contributed by atoms with Crippen LogP contribution in [0.5, 0.6) is 0 Å². The van der Waals surface area contributed by atoms with Gasteiger partial charge in [-0.25, -0.2) is 0 Å². The van der Waals surface area contributed by atoms with E-state index >= 15 is 0 Å². The zero-order valence-electron chi connectivity index (χ0n) is 25.5. The Balaban J connectivity index is 1.20. The summed E-state index contributed by atoms with van der Waals surface area (Å²) in [6, 6.07) is 52.2. The van der Waals surface area contributed by atoms with Gasteiger partial charge >= 0.3 is 0 Å². The topological polar surface area (TPSA) is 3.24 Å². The zero-order valence-corrected chi connectivity index (χ0v) is 27.2. The molecule has 0 saturated heterocycles. The molecule has 1 nitrogen and oxygen atoms in total. The standard InChI is InChI=1S/C43H29NS2/c1-43(2)37-12-6-3-9-31(37)32-19-17-30(25-38(32)43)44(29-18-20-41-36(24-29)34-11-5-7-13-39(34)45-41)28-16-15-26-22-35-33-10-4-8-14-40(33)46-42(35)23-27(26)21-28/h3-25H,1-2H3. The van der Waals surface area contributed by atoms with Crippen molar-refractivity contribution in [3.05, 3.63) is 151 Å². The van der Waals surface area contributed by atoms with Gasteiger partial charge in [-0.05, 0) is 99.8 Å². The van der Waals surface area contributed by atoms with E-state index in [0.717, 1.165) is 0 Å². The summed E-state index contributed by atoms with van der Waals surface area (Å²) < 4.78 is 5.32. The fraction of sp³-hybridized carbons (Fsp3) is 0.0698. The van der Waals surface area contributed by atoms with Crippen molar-refractivity contribution in [1.82, 2.24) is 0 Å². The van der Waals surface area contributed by atoms with Gasteiger partial charge in [0.05, 0.1) is 0 Å². The summed E-state index contributed by atoms with van der Waals surface area (Å²) in [6.45, 7) is 4.73. The molecule has 0 fully saturated rings. The normalized spacial score (nSPS) is 13.6. The molecule has 3 heteroatoms. The quantitative estimate of drug-likeness (QED) is 0.189. The summed E-state index contributed by atoms with van der Waals surface area (Å²) in [5.41, 5.74) is 8.92. The first kappa shape index (κ1) is 26.3. The lowest BCUT2D eigenvalue weighted by molar-refractivity contribution is 0.660. The van der Waals surface area contributed by atoms with E-state index in [1.807, 2.05) is 22.7 Å². The molecule has 46 heavy (non-hydrogen) atoms. The molecule has 0 amide bonds. The number of benzene rings is 7. The van der Waals surface area contributed by atoms with E-state index in [1.54, 1.807) is 0 Å². The molecule has 0 N–H and O–H groups in total. The second kappa shape index (κ2) is 9.53. The maximum Gasteiger partial charge on any atom is 0.0468 e. The molecule has 0 atom stereocenters.